The van der Waals surface area contributed by atoms with Crippen LogP contribution in [-0.4, -0.2) is 85.9 Å². The first kappa shape index (κ1) is 27.1. The number of nitrogens with zero attached hydrogens (tertiary/aromatic N) is 3. The van der Waals surface area contributed by atoms with E-state index in [1.165, 1.54) is 0 Å². The smallest absolute Gasteiger partial charge is 0.253 e. The van der Waals surface area contributed by atoms with Crippen LogP contribution in [0.2, 0.25) is 0 Å². The van der Waals surface area contributed by atoms with Crippen LogP contribution >= 0.6 is 0 Å². The highest BCUT2D eigenvalue weighted by Crippen LogP contribution is 2.29. The van der Waals surface area contributed by atoms with Gasteiger partial charge in [0, 0.05) is 45.3 Å². The fourth-order valence-corrected chi connectivity index (χ4v) is 6.34. The maximum Gasteiger partial charge on any atom is 0.253 e. The quantitative estimate of drug-likeness (QED) is 0.517. The van der Waals surface area contributed by atoms with E-state index in [1.54, 1.807) is 41.1 Å². The molecule has 2 atom stereocenters. The van der Waals surface area contributed by atoms with Crippen LogP contribution in [0.1, 0.15) is 53.4 Å². The molecule has 2 aliphatic heterocycles. The van der Waals surface area contributed by atoms with E-state index in [2.05, 4.69) is 9.62 Å². The van der Waals surface area contributed by atoms with Crippen LogP contribution in [0.4, 0.5) is 5.69 Å². The first-order valence-electron chi connectivity index (χ1n) is 12.8. The van der Waals surface area contributed by atoms with Gasteiger partial charge in [-0.2, -0.15) is 0 Å². The maximum absolute atomic E-state index is 13.5. The number of carbonyl (C=O) groups excluding carboxylic acids is 2. The molecule has 37 heavy (non-hydrogen) atoms. The molecule has 2 aromatic rings. The number of nitrogens with one attached hydrogen (secondary N) is 1. The second kappa shape index (κ2) is 11.2. The molecule has 0 aliphatic carbocycles. The van der Waals surface area contributed by atoms with E-state index in [0.29, 0.717) is 49.4 Å². The zero-order valence-electron chi connectivity index (χ0n) is 21.7. The number of anilines is 1. The Bertz CT molecular complexity index is 1260. The predicted octanol–water partition coefficient (Wildman–Crippen LogP) is 2.23. The molecular weight excluding hydrogens is 492 g/mol. The van der Waals surface area contributed by atoms with Crippen LogP contribution in [0.25, 0.3) is 0 Å². The minimum absolute atomic E-state index is 0.0447. The largest absolute Gasteiger partial charge is 0.392 e. The van der Waals surface area contributed by atoms with Crippen molar-refractivity contribution in [2.24, 2.45) is 0 Å². The second-order valence-corrected chi connectivity index (χ2v) is 11.6. The van der Waals surface area contributed by atoms with Crippen molar-refractivity contribution < 1.29 is 23.1 Å². The molecule has 0 spiro atoms. The Labute approximate surface area is 219 Å². The average molecular weight is 529 g/mol. The van der Waals surface area contributed by atoms with Crippen LogP contribution in [0.3, 0.4) is 0 Å². The second-order valence-electron chi connectivity index (χ2n) is 9.85. The van der Waals surface area contributed by atoms with Crippen molar-refractivity contribution in [2.45, 2.75) is 44.6 Å². The molecular formula is C27H36N4O5S. The summed E-state index contributed by atoms with van der Waals surface area (Å²) in [7, 11) is -1.60. The van der Waals surface area contributed by atoms with Crippen LogP contribution in [-0.2, 0) is 27.0 Å². The van der Waals surface area contributed by atoms with Gasteiger partial charge in [0.05, 0.1) is 30.0 Å². The molecule has 0 unspecified atom stereocenters. The number of carbonyl (C=O) groups is 2. The molecule has 4 rings (SSSR count). The molecule has 2 aliphatic rings. The van der Waals surface area contributed by atoms with Crippen molar-refractivity contribution in [1.29, 1.82) is 0 Å². The van der Waals surface area contributed by atoms with Gasteiger partial charge in [-0.3, -0.25) is 19.2 Å². The zero-order chi connectivity index (χ0) is 26.7. The number of β-amino-alcohol motifs (C(OH)–C–C–N with tert-alkyl or cyclic N) is 1. The van der Waals surface area contributed by atoms with E-state index in [-0.39, 0.29) is 36.1 Å². The standard InChI is InChI=1S/C27H36N4O5S/c1-4-31(5-2)27(34)21-8-6-7-20(15-21)25(17-30-12-11-23(32)16-30)29(3)26(33)14-19-9-10-22-18-37(35,36)28-24(22)13-19/h6-10,13,15,23,25,28,32H,4-5,11-12,14,16-18H2,1-3H3/t23-,25+/m0/s1. The summed E-state index contributed by atoms with van der Waals surface area (Å²) in [5.74, 6) is -0.217. The molecule has 9 nitrogen and oxygen atoms in total. The number of rotatable bonds is 9. The highest BCUT2D eigenvalue weighted by Gasteiger charge is 2.29. The lowest BCUT2D eigenvalue weighted by Gasteiger charge is -2.32. The number of hydrogen-bond donors (Lipinski definition) is 2. The molecule has 2 N–H and O–H groups in total. The molecule has 0 bridgehead atoms. The molecule has 10 heteroatoms. The lowest BCUT2D eigenvalue weighted by Crippen LogP contribution is -2.39. The highest BCUT2D eigenvalue weighted by atomic mass is 32.2. The van der Waals surface area contributed by atoms with Gasteiger partial charge in [-0.1, -0.05) is 24.3 Å². The monoisotopic (exact) mass is 528 g/mol. The summed E-state index contributed by atoms with van der Waals surface area (Å²) in [5.41, 5.74) is 3.39. The summed E-state index contributed by atoms with van der Waals surface area (Å²) in [4.78, 5) is 32.1. The third-order valence-corrected chi connectivity index (χ3v) is 8.47. The molecule has 1 fully saturated rings. The van der Waals surface area contributed by atoms with Crippen molar-refractivity contribution >= 4 is 27.5 Å². The Morgan fingerprint density at radius 2 is 1.92 bits per heavy atom. The molecule has 1 saturated heterocycles. The van der Waals surface area contributed by atoms with Gasteiger partial charge < -0.3 is 14.9 Å². The molecule has 0 aromatic heterocycles. The summed E-state index contributed by atoms with van der Waals surface area (Å²) < 4.78 is 26.3. The Kier molecular flexibility index (Phi) is 8.20. The minimum atomic E-state index is -3.36. The van der Waals surface area contributed by atoms with Gasteiger partial charge in [0.1, 0.15) is 0 Å². The summed E-state index contributed by atoms with van der Waals surface area (Å²) in [6, 6.07) is 12.4. The number of aliphatic hydroxyl groups is 1. The molecule has 2 aromatic carbocycles. The molecule has 0 saturated carbocycles. The first-order valence-corrected chi connectivity index (χ1v) is 14.4. The lowest BCUT2D eigenvalue weighted by molar-refractivity contribution is -0.131. The summed E-state index contributed by atoms with van der Waals surface area (Å²) in [5, 5.41) is 10.1. The number of likely N-dealkylation sites (tertiary alicyclic amines) is 1. The van der Waals surface area contributed by atoms with Gasteiger partial charge in [0.25, 0.3) is 5.91 Å². The Morgan fingerprint density at radius 3 is 2.59 bits per heavy atom. The summed E-state index contributed by atoms with van der Waals surface area (Å²) in [6.45, 7) is 6.94. The summed E-state index contributed by atoms with van der Waals surface area (Å²) in [6.07, 6.45) is 0.422. The fraction of sp³-hybridized carbons (Fsp3) is 0.481. The van der Waals surface area contributed by atoms with Crippen molar-refractivity contribution in [3.63, 3.8) is 0 Å². The van der Waals surface area contributed by atoms with Gasteiger partial charge in [-0.15, -0.1) is 0 Å². The number of amides is 2. The van der Waals surface area contributed by atoms with Crippen LogP contribution in [0.15, 0.2) is 42.5 Å². The Hall–Kier alpha value is -2.95. The number of benzene rings is 2. The fourth-order valence-electron chi connectivity index (χ4n) is 5.08. The molecule has 2 amide bonds. The lowest BCUT2D eigenvalue weighted by atomic mass is 10.0. The number of sulfonamides is 1. The van der Waals surface area contributed by atoms with Crippen LogP contribution in [0.5, 0.6) is 0 Å². The Balaban J connectivity index is 1.57. The van der Waals surface area contributed by atoms with Gasteiger partial charge in [-0.05, 0) is 55.2 Å². The van der Waals surface area contributed by atoms with E-state index in [1.807, 2.05) is 32.0 Å². The van der Waals surface area contributed by atoms with E-state index >= 15 is 0 Å². The van der Waals surface area contributed by atoms with Gasteiger partial charge in [0.2, 0.25) is 15.9 Å². The van der Waals surface area contributed by atoms with Crippen molar-refractivity contribution in [1.82, 2.24) is 14.7 Å². The van der Waals surface area contributed by atoms with E-state index in [0.717, 1.165) is 17.7 Å². The average Bonchev–Trinajstić information content (AvgIpc) is 3.42. The molecule has 0 radical (unpaired) electrons. The van der Waals surface area contributed by atoms with Crippen LogP contribution < -0.4 is 4.72 Å². The molecule has 200 valence electrons. The SMILES string of the molecule is CCN(CC)C(=O)c1cccc([C@@H](CN2CC[C@H](O)C2)N(C)C(=O)Cc2ccc3c(c2)NS(=O)(=O)C3)c1. The van der Waals surface area contributed by atoms with E-state index < -0.39 is 10.0 Å². The zero-order valence-corrected chi connectivity index (χ0v) is 22.5. The Morgan fingerprint density at radius 1 is 1.16 bits per heavy atom. The summed E-state index contributed by atoms with van der Waals surface area (Å²) >= 11 is 0. The third-order valence-electron chi connectivity index (χ3n) is 7.25. The van der Waals surface area contributed by atoms with E-state index in [4.69, 9.17) is 0 Å². The minimum Gasteiger partial charge on any atom is -0.392 e. The van der Waals surface area contributed by atoms with Gasteiger partial charge in [-0.25, -0.2) is 8.42 Å². The maximum atomic E-state index is 13.5. The highest BCUT2D eigenvalue weighted by molar-refractivity contribution is 7.92. The number of fused-ring (bicyclic) bond motifs is 1. The number of aliphatic hydroxyl groups excluding tert-OH is 1. The topological polar surface area (TPSA) is 110 Å². The van der Waals surface area contributed by atoms with Crippen molar-refractivity contribution in [3.05, 3.63) is 64.7 Å². The third kappa shape index (κ3) is 6.31. The van der Waals surface area contributed by atoms with E-state index in [9.17, 15) is 23.1 Å². The normalized spacial score (nSPS) is 19.2. The number of likely N-dealkylation sites (N-methyl/N-ethyl adjacent to an activating group) is 1. The van der Waals surface area contributed by atoms with Crippen LogP contribution in [0, 0.1) is 0 Å². The van der Waals surface area contributed by atoms with Gasteiger partial charge in [0.15, 0.2) is 0 Å². The molecule has 2 heterocycles. The van der Waals surface area contributed by atoms with Crippen molar-refractivity contribution in [2.75, 3.05) is 44.5 Å². The van der Waals surface area contributed by atoms with Gasteiger partial charge >= 0.3 is 0 Å². The predicted molar refractivity (Wildman–Crippen MR) is 143 cm³/mol. The van der Waals surface area contributed by atoms with Crippen molar-refractivity contribution in [3.8, 4) is 0 Å². The first-order chi connectivity index (χ1) is 17.6. The number of hydrogen-bond acceptors (Lipinski definition) is 6.